The molecule has 5 aromatic rings. The Kier molecular flexibility index (Phi) is 26.9. The third-order valence-corrected chi connectivity index (χ3v) is 18.9. The van der Waals surface area contributed by atoms with Gasteiger partial charge in [0, 0.05) is 62.2 Å². The topological polar surface area (TPSA) is 435 Å². The number of carbonyl (C=O) groups excluding carboxylic acids is 2. The highest BCUT2D eigenvalue weighted by atomic mass is 32.5. The van der Waals surface area contributed by atoms with E-state index in [0.717, 1.165) is 4.57 Å². The van der Waals surface area contributed by atoms with E-state index < -0.39 is 155 Å². The number of H-pyrrole nitrogens is 2. The molecule has 8 rings (SSSR count). The number of phosphoric ester groups is 1. The van der Waals surface area contributed by atoms with Crippen molar-refractivity contribution >= 4 is 61.1 Å². The van der Waals surface area contributed by atoms with Crippen LogP contribution in [0.25, 0.3) is 11.2 Å². The van der Waals surface area contributed by atoms with Crippen LogP contribution in [0.15, 0.2) is 68.2 Å². The molecule has 2 amide bonds. The Bertz CT molecular complexity index is 3860. The zero-order valence-corrected chi connectivity index (χ0v) is 55.7. The Morgan fingerprint density at radius 2 is 1.27 bits per heavy atom. The summed E-state index contributed by atoms with van der Waals surface area (Å²) >= 11 is 6.19. The van der Waals surface area contributed by atoms with Crippen molar-refractivity contribution in [2.75, 3.05) is 105 Å². The molecule has 7 heterocycles. The molecule has 0 spiro atoms. The van der Waals surface area contributed by atoms with E-state index in [-0.39, 0.29) is 87.6 Å². The number of hydrogen-bond acceptors (Lipinski definition) is 29. The highest BCUT2D eigenvalue weighted by molar-refractivity contribution is 8.07. The van der Waals surface area contributed by atoms with Crippen LogP contribution in [0.4, 0.5) is 11.8 Å². The molecule has 5 N–H and O–H groups in total. The SMILES string of the molecule is COCCOC1[C@@H](C)[C@@H](COP(=S)(OCCC#N)O[C@@H]2C(OCCOC)[C@H](n3cnc4c(=O)[nH]c(NC(=O)C(C)C)nc43)O[C@@H]2COP(=O)(OCCC#N)O[C@@H]2C(OCCOC)[C@H](n3cc(C)c(NC(=O)c4ccccc4)nc3=O)O[C@@H]2CO)O[C@H]1n1cc(C)c(=O)[nH]c1=O. The lowest BCUT2D eigenvalue weighted by molar-refractivity contribution is -0.118. The first-order chi connectivity index (χ1) is 45.6. The maximum Gasteiger partial charge on any atom is 0.475 e. The van der Waals surface area contributed by atoms with Crippen molar-refractivity contribution in [3.8, 4) is 12.1 Å². The maximum absolute atomic E-state index is 15.6. The van der Waals surface area contributed by atoms with Crippen LogP contribution in [-0.2, 0) is 90.9 Å². The number of fused-ring (bicyclic) bond motifs is 1. The van der Waals surface area contributed by atoms with Gasteiger partial charge in [0.25, 0.3) is 17.0 Å². The second kappa shape index (κ2) is 34.5. The average molecular weight is 1390 g/mol. The molecule has 0 bridgehead atoms. The molecule has 0 aliphatic carbocycles. The molecule has 95 heavy (non-hydrogen) atoms. The Balaban J connectivity index is 1.17. The van der Waals surface area contributed by atoms with Gasteiger partial charge in [0.2, 0.25) is 11.9 Å². The molecule has 518 valence electrons. The Morgan fingerprint density at radius 1 is 0.695 bits per heavy atom. The molecule has 5 unspecified atom stereocenters. The van der Waals surface area contributed by atoms with E-state index >= 15 is 4.57 Å². The third kappa shape index (κ3) is 18.5. The summed E-state index contributed by atoms with van der Waals surface area (Å²) in [6, 6.07) is 12.1. The molecule has 4 aromatic heterocycles. The second-order valence-corrected chi connectivity index (χ2v) is 26.6. The van der Waals surface area contributed by atoms with Gasteiger partial charge < -0.3 is 62.1 Å². The number of aryl methyl sites for hydroxylation is 2. The van der Waals surface area contributed by atoms with Crippen LogP contribution >= 0.6 is 14.5 Å². The number of nitriles is 2. The summed E-state index contributed by atoms with van der Waals surface area (Å²) in [5.41, 5.74) is -2.67. The number of carbonyl (C=O) groups is 2. The Labute approximate surface area is 548 Å². The zero-order valence-electron chi connectivity index (χ0n) is 53.1. The standard InChI is InChI=1S/C57H76N12O23P2S/c1-32(2)48(71)64-55-63-47-40(51(74)65-55)60-31-69(47)54-45(83-25-22-80-8)43(92-94(95,85-19-13-17-59)87-29-38-35(5)41(81-23-20-78-6)52(89-38)68-27-34(4)49(72)66-57(68)76)39(90-54)30-86-93(77,84-18-12-16-58)91-42-37(28-70)88-53(44(42)82-24-21-79-7)67-26-33(3)46(62-56(67)75)61-50(73)36-14-10-9-11-15-36/h9-11,14-15,26-27,31-32,35,37-39,41-45,52-54,70H,12-13,18-25,28-30H2,1-8H3,(H,66,72,76)(H,61,62,73,75)(H2,63,64,65,71,74)/t35-,37+,38+,39+,41?,42-,43-,44?,45?,52+,53+,54+,93?,94?/m0/s1. The quantitative estimate of drug-likeness (QED) is 0.0284. The molecule has 3 aliphatic heterocycles. The summed E-state index contributed by atoms with van der Waals surface area (Å²) in [6.07, 6.45) is -11.7. The van der Waals surface area contributed by atoms with Crippen LogP contribution in [0.2, 0.25) is 0 Å². The molecule has 0 saturated carbocycles. The largest absolute Gasteiger partial charge is 0.475 e. The molecular formula is C57H76N12O23P2S. The number of methoxy groups -OCH3 is 3. The number of nitrogens with zero attached hydrogens (tertiary/aromatic N) is 8. The fourth-order valence-corrected chi connectivity index (χ4v) is 13.6. The first kappa shape index (κ1) is 74.1. The minimum Gasteiger partial charge on any atom is -0.394 e. The predicted molar refractivity (Wildman–Crippen MR) is 334 cm³/mol. The molecule has 3 saturated heterocycles. The van der Waals surface area contributed by atoms with Gasteiger partial charge >= 0.3 is 25.9 Å². The number of imidazole rings is 1. The van der Waals surface area contributed by atoms with Gasteiger partial charge in [-0.3, -0.25) is 66.3 Å². The van der Waals surface area contributed by atoms with E-state index in [1.54, 1.807) is 58.0 Å². The lowest BCUT2D eigenvalue weighted by Gasteiger charge is -2.31. The molecule has 0 radical (unpaired) electrons. The molecule has 1 aromatic carbocycles. The number of aromatic amines is 2. The number of benzene rings is 1. The second-order valence-electron chi connectivity index (χ2n) is 22.0. The molecule has 3 aliphatic rings. The number of phosphoric acid groups is 1. The zero-order chi connectivity index (χ0) is 68.6. The number of aliphatic hydroxyl groups excluding tert-OH is 1. The van der Waals surface area contributed by atoms with E-state index in [4.69, 9.17) is 81.6 Å². The highest BCUT2D eigenvalue weighted by Crippen LogP contribution is 2.57. The minimum absolute atomic E-state index is 0.0197. The summed E-state index contributed by atoms with van der Waals surface area (Å²) in [6.45, 7) is 0.541. The summed E-state index contributed by atoms with van der Waals surface area (Å²) in [5, 5.41) is 35.6. The van der Waals surface area contributed by atoms with Gasteiger partial charge in [0.1, 0.15) is 48.5 Å². The van der Waals surface area contributed by atoms with Crippen LogP contribution in [0.3, 0.4) is 0 Å². The number of amides is 2. The monoisotopic (exact) mass is 1390 g/mol. The Morgan fingerprint density at radius 3 is 1.91 bits per heavy atom. The van der Waals surface area contributed by atoms with Crippen molar-refractivity contribution in [1.29, 1.82) is 10.5 Å². The smallest absolute Gasteiger partial charge is 0.394 e. The normalized spacial score (nSPS) is 24.7. The van der Waals surface area contributed by atoms with Gasteiger partial charge in [-0.1, -0.05) is 39.0 Å². The van der Waals surface area contributed by atoms with E-state index in [0.29, 0.717) is 11.1 Å². The average Bonchev–Trinajstić information content (AvgIpc) is 1.64. The van der Waals surface area contributed by atoms with Crippen LogP contribution in [0.1, 0.15) is 73.8 Å². The van der Waals surface area contributed by atoms with E-state index in [2.05, 4.69) is 35.6 Å². The number of aliphatic hydroxyl groups is 1. The number of rotatable bonds is 36. The van der Waals surface area contributed by atoms with Crippen molar-refractivity contribution in [1.82, 2.24) is 38.6 Å². The van der Waals surface area contributed by atoms with Gasteiger partial charge in [-0.15, -0.1) is 0 Å². The molecule has 35 nitrogen and oxygen atoms in total. The predicted octanol–water partition coefficient (Wildman–Crippen LogP) is 2.80. The number of nitrogens with one attached hydrogen (secondary N) is 4. The van der Waals surface area contributed by atoms with Crippen LogP contribution < -0.4 is 33.1 Å². The first-order valence-electron chi connectivity index (χ1n) is 29.9. The van der Waals surface area contributed by atoms with Crippen molar-refractivity contribution in [3.05, 3.63) is 107 Å². The summed E-state index contributed by atoms with van der Waals surface area (Å²) in [7, 11) is -0.879. The van der Waals surface area contributed by atoms with Gasteiger partial charge in [-0.25, -0.2) is 19.1 Å². The van der Waals surface area contributed by atoms with Crippen LogP contribution in [-0.4, -0.2) is 198 Å². The highest BCUT2D eigenvalue weighted by Gasteiger charge is 2.55. The lowest BCUT2D eigenvalue weighted by atomic mass is 10.0. The first-order valence-corrected chi connectivity index (χ1v) is 34.0. The van der Waals surface area contributed by atoms with Crippen molar-refractivity contribution in [3.63, 3.8) is 0 Å². The summed E-state index contributed by atoms with van der Waals surface area (Å²) in [5.74, 6) is -2.49. The summed E-state index contributed by atoms with van der Waals surface area (Å²) in [4.78, 5) is 97.3. The van der Waals surface area contributed by atoms with Crippen LogP contribution in [0, 0.1) is 48.3 Å². The molecule has 14 atom stereocenters. The number of hydrogen-bond donors (Lipinski definition) is 5. The third-order valence-electron chi connectivity index (χ3n) is 15.0. The van der Waals surface area contributed by atoms with Crippen LogP contribution in [0.5, 0.6) is 0 Å². The van der Waals surface area contributed by atoms with Gasteiger partial charge in [0.15, 0.2) is 29.8 Å². The van der Waals surface area contributed by atoms with E-state index in [1.165, 1.54) is 56.1 Å². The molecular weight excluding hydrogens is 1310 g/mol. The number of aromatic nitrogens is 8. The number of anilines is 2. The van der Waals surface area contributed by atoms with E-state index in [1.807, 2.05) is 12.1 Å². The minimum atomic E-state index is -5.17. The fourth-order valence-electron chi connectivity index (χ4n) is 10.1. The maximum atomic E-state index is 15.6. The van der Waals surface area contributed by atoms with Crippen molar-refractivity contribution in [2.45, 2.75) is 115 Å². The number of ether oxygens (including phenoxy) is 9. The van der Waals surface area contributed by atoms with Crippen molar-refractivity contribution < 1.29 is 89.0 Å². The molecule has 38 heteroatoms. The summed E-state index contributed by atoms with van der Waals surface area (Å²) < 4.78 is 111. The fraction of sp³-hybridized carbons (Fsp3) is 0.596. The van der Waals surface area contributed by atoms with Gasteiger partial charge in [-0.2, -0.15) is 20.5 Å². The lowest BCUT2D eigenvalue weighted by Crippen LogP contribution is -2.41. The van der Waals surface area contributed by atoms with E-state index in [9.17, 15) is 44.4 Å². The Hall–Kier alpha value is -6.71. The van der Waals surface area contributed by atoms with Gasteiger partial charge in [-0.05, 0) is 37.8 Å². The van der Waals surface area contributed by atoms with Crippen molar-refractivity contribution in [2.24, 2.45) is 11.8 Å². The van der Waals surface area contributed by atoms with Gasteiger partial charge in [0.05, 0.1) is 110 Å². The molecule has 3 fully saturated rings.